The summed E-state index contributed by atoms with van der Waals surface area (Å²) in [6.07, 6.45) is -1.03. The van der Waals surface area contributed by atoms with Crippen LogP contribution in [0.1, 0.15) is 71.2 Å². The fourth-order valence-electron chi connectivity index (χ4n) is 3.68. The Morgan fingerprint density at radius 3 is 1.94 bits per heavy atom. The monoisotopic (exact) mass is 455 g/mol. The van der Waals surface area contributed by atoms with Crippen LogP contribution in [0.3, 0.4) is 0 Å². The van der Waals surface area contributed by atoms with Crippen LogP contribution in [0.15, 0.2) is 66.7 Å². The molecule has 3 aromatic carbocycles. The summed E-state index contributed by atoms with van der Waals surface area (Å²) in [4.78, 5) is 63.5. The second kappa shape index (κ2) is 8.86. The number of hydrogen-bond donors (Lipinski definition) is 0. The number of carbonyl (C=O) groups excluding carboxylic acids is 5. The van der Waals surface area contributed by atoms with E-state index in [1.165, 1.54) is 56.3 Å². The molecule has 1 aliphatic heterocycles. The lowest BCUT2D eigenvalue weighted by Crippen LogP contribution is -2.29. The number of fused-ring (bicyclic) bond motifs is 1. The van der Waals surface area contributed by atoms with Gasteiger partial charge in [0.05, 0.1) is 22.4 Å². The highest BCUT2D eigenvalue weighted by atomic mass is 16.5. The third-order valence-corrected chi connectivity index (χ3v) is 5.64. The Hall–Kier alpha value is -4.39. The van der Waals surface area contributed by atoms with Crippen LogP contribution in [0.25, 0.3) is 0 Å². The quantitative estimate of drug-likeness (QED) is 0.310. The molecular formula is C27H21NO6. The van der Waals surface area contributed by atoms with Gasteiger partial charge in [0.15, 0.2) is 11.9 Å². The summed E-state index contributed by atoms with van der Waals surface area (Å²) in [6, 6.07) is 17.1. The minimum absolute atomic E-state index is 0.0530. The van der Waals surface area contributed by atoms with E-state index in [2.05, 4.69) is 0 Å². The fourth-order valence-corrected chi connectivity index (χ4v) is 3.68. The molecule has 0 bridgehead atoms. The van der Waals surface area contributed by atoms with E-state index in [1.807, 2.05) is 6.92 Å². The molecule has 0 fully saturated rings. The summed E-state index contributed by atoms with van der Waals surface area (Å²) in [5, 5.41) is 0. The molecule has 7 heteroatoms. The Morgan fingerprint density at radius 1 is 0.765 bits per heavy atom. The minimum Gasteiger partial charge on any atom is -0.451 e. The van der Waals surface area contributed by atoms with Crippen molar-refractivity contribution in [3.8, 4) is 0 Å². The molecule has 170 valence electrons. The molecule has 1 atom stereocenters. The number of amides is 2. The third kappa shape index (κ3) is 4.15. The van der Waals surface area contributed by atoms with Crippen LogP contribution in [0, 0.1) is 6.92 Å². The van der Waals surface area contributed by atoms with Crippen molar-refractivity contribution in [1.82, 2.24) is 0 Å². The number of carbonyl (C=O) groups is 5. The molecule has 1 heterocycles. The molecule has 4 rings (SSSR count). The molecule has 0 spiro atoms. The molecule has 0 aliphatic carbocycles. The molecule has 34 heavy (non-hydrogen) atoms. The predicted octanol–water partition coefficient (Wildman–Crippen LogP) is 4.43. The number of imide groups is 1. The summed E-state index contributed by atoms with van der Waals surface area (Å²) in [5.74, 6) is -2.37. The number of aryl methyl sites for hydroxylation is 1. The summed E-state index contributed by atoms with van der Waals surface area (Å²) in [5.41, 5.74) is 2.47. The number of anilines is 1. The number of ketones is 2. The van der Waals surface area contributed by atoms with Crippen molar-refractivity contribution < 1.29 is 28.7 Å². The van der Waals surface area contributed by atoms with Gasteiger partial charge in [0.2, 0.25) is 5.78 Å². The maximum atomic E-state index is 13.0. The van der Waals surface area contributed by atoms with E-state index in [0.29, 0.717) is 16.8 Å². The Kier molecular flexibility index (Phi) is 5.94. The Morgan fingerprint density at radius 2 is 1.32 bits per heavy atom. The first-order chi connectivity index (χ1) is 16.2. The normalized spacial score (nSPS) is 13.4. The second-order valence-electron chi connectivity index (χ2n) is 8.09. The van der Waals surface area contributed by atoms with Crippen LogP contribution in [0.4, 0.5) is 5.69 Å². The first kappa shape index (κ1) is 22.8. The first-order valence-electron chi connectivity index (χ1n) is 10.6. The van der Waals surface area contributed by atoms with Crippen molar-refractivity contribution in [3.63, 3.8) is 0 Å². The van der Waals surface area contributed by atoms with Crippen molar-refractivity contribution in [3.05, 3.63) is 100 Å². The number of esters is 1. The standard InChI is InChI=1S/C27H21NO6/c1-15-4-6-19(7-5-15)24(30)17(3)34-27(33)20-10-13-22-23(14-20)26(32)28(25(22)31)21-11-8-18(9-12-21)16(2)29/h4-14,17H,1-3H3/t17-/m1/s1. The first-order valence-corrected chi connectivity index (χ1v) is 10.6. The van der Waals surface area contributed by atoms with Gasteiger partial charge in [0, 0.05) is 11.1 Å². The third-order valence-electron chi connectivity index (χ3n) is 5.64. The van der Waals surface area contributed by atoms with Gasteiger partial charge in [0.1, 0.15) is 0 Å². The molecule has 0 unspecified atom stereocenters. The van der Waals surface area contributed by atoms with Gasteiger partial charge in [-0.3, -0.25) is 19.2 Å². The van der Waals surface area contributed by atoms with E-state index >= 15 is 0 Å². The maximum absolute atomic E-state index is 13.0. The van der Waals surface area contributed by atoms with Crippen molar-refractivity contribution in [2.75, 3.05) is 4.90 Å². The molecule has 7 nitrogen and oxygen atoms in total. The summed E-state index contributed by atoms with van der Waals surface area (Å²) >= 11 is 0. The highest BCUT2D eigenvalue weighted by molar-refractivity contribution is 6.34. The van der Waals surface area contributed by atoms with Gasteiger partial charge in [-0.2, -0.15) is 0 Å². The van der Waals surface area contributed by atoms with E-state index in [-0.39, 0.29) is 28.3 Å². The molecule has 0 saturated heterocycles. The Bertz CT molecular complexity index is 1340. The average molecular weight is 455 g/mol. The highest BCUT2D eigenvalue weighted by Gasteiger charge is 2.37. The Balaban J connectivity index is 1.53. The van der Waals surface area contributed by atoms with Gasteiger partial charge in [0.25, 0.3) is 11.8 Å². The zero-order chi connectivity index (χ0) is 24.6. The number of Topliss-reactive ketones (excluding diaryl/α,β-unsaturated/α-hetero) is 2. The van der Waals surface area contributed by atoms with E-state index in [4.69, 9.17) is 4.74 Å². The fraction of sp³-hybridized carbons (Fsp3) is 0.148. The number of hydrogen-bond acceptors (Lipinski definition) is 6. The summed E-state index contributed by atoms with van der Waals surface area (Å²) in [7, 11) is 0. The van der Waals surface area contributed by atoms with E-state index in [0.717, 1.165) is 10.5 Å². The van der Waals surface area contributed by atoms with Crippen LogP contribution in [0.5, 0.6) is 0 Å². The lowest BCUT2D eigenvalue weighted by Gasteiger charge is -2.14. The number of ether oxygens (including phenoxy) is 1. The lowest BCUT2D eigenvalue weighted by molar-refractivity contribution is 0.0318. The topological polar surface area (TPSA) is 97.8 Å². The molecule has 3 aromatic rings. The van der Waals surface area contributed by atoms with E-state index in [9.17, 15) is 24.0 Å². The van der Waals surface area contributed by atoms with Crippen LogP contribution in [-0.4, -0.2) is 35.5 Å². The minimum atomic E-state index is -1.03. The zero-order valence-corrected chi connectivity index (χ0v) is 18.8. The number of benzene rings is 3. The van der Waals surface area contributed by atoms with Gasteiger partial charge < -0.3 is 4.74 Å². The highest BCUT2D eigenvalue weighted by Crippen LogP contribution is 2.29. The molecule has 2 amide bonds. The molecule has 0 radical (unpaired) electrons. The van der Waals surface area contributed by atoms with Crippen LogP contribution < -0.4 is 4.90 Å². The molecule has 1 aliphatic rings. The number of rotatable bonds is 6. The van der Waals surface area contributed by atoms with Crippen LogP contribution in [0.2, 0.25) is 0 Å². The van der Waals surface area contributed by atoms with Gasteiger partial charge in [-0.05, 0) is 63.2 Å². The van der Waals surface area contributed by atoms with Crippen molar-refractivity contribution >= 4 is 35.0 Å². The smallest absolute Gasteiger partial charge is 0.338 e. The van der Waals surface area contributed by atoms with Crippen molar-refractivity contribution in [2.45, 2.75) is 26.9 Å². The molecule has 0 saturated carbocycles. The van der Waals surface area contributed by atoms with Gasteiger partial charge >= 0.3 is 5.97 Å². The van der Waals surface area contributed by atoms with E-state index < -0.39 is 23.9 Å². The SMILES string of the molecule is CC(=O)c1ccc(N2C(=O)c3ccc(C(=O)O[C@H](C)C(=O)c4ccc(C)cc4)cc3C2=O)cc1. The average Bonchev–Trinajstić information content (AvgIpc) is 3.08. The summed E-state index contributed by atoms with van der Waals surface area (Å²) in [6.45, 7) is 4.81. The molecular weight excluding hydrogens is 434 g/mol. The lowest BCUT2D eigenvalue weighted by atomic mass is 10.0. The zero-order valence-electron chi connectivity index (χ0n) is 18.8. The maximum Gasteiger partial charge on any atom is 0.338 e. The second-order valence-corrected chi connectivity index (χ2v) is 8.09. The van der Waals surface area contributed by atoms with Gasteiger partial charge in [-0.25, -0.2) is 9.69 Å². The largest absolute Gasteiger partial charge is 0.451 e. The van der Waals surface area contributed by atoms with Crippen molar-refractivity contribution in [1.29, 1.82) is 0 Å². The summed E-state index contributed by atoms with van der Waals surface area (Å²) < 4.78 is 5.32. The molecule has 0 N–H and O–H groups in total. The predicted molar refractivity (Wildman–Crippen MR) is 124 cm³/mol. The van der Waals surface area contributed by atoms with Gasteiger partial charge in [-0.15, -0.1) is 0 Å². The van der Waals surface area contributed by atoms with Crippen molar-refractivity contribution in [2.24, 2.45) is 0 Å². The van der Waals surface area contributed by atoms with Gasteiger partial charge in [-0.1, -0.05) is 29.8 Å². The van der Waals surface area contributed by atoms with Crippen LogP contribution in [-0.2, 0) is 4.74 Å². The number of nitrogens with zero attached hydrogens (tertiary/aromatic N) is 1. The Labute approximate surface area is 196 Å². The van der Waals surface area contributed by atoms with Crippen LogP contribution >= 0.6 is 0 Å². The van der Waals surface area contributed by atoms with E-state index in [1.54, 1.807) is 24.3 Å². The molecule has 0 aromatic heterocycles.